The number of H-pyrrole nitrogens is 2. The van der Waals surface area contributed by atoms with Crippen molar-refractivity contribution in [1.29, 1.82) is 0 Å². The fraction of sp³-hybridized carbons (Fsp3) is 0.533. The Morgan fingerprint density at radius 3 is 2.77 bits per heavy atom. The Balaban J connectivity index is 1.67. The van der Waals surface area contributed by atoms with Crippen LogP contribution in [0.15, 0.2) is 23.0 Å². The normalized spacial score (nSPS) is 18.0. The number of fused-ring (bicyclic) bond motifs is 1. The fourth-order valence-electron chi connectivity index (χ4n) is 3.02. The molecule has 7 heteroatoms. The number of aliphatic hydroxyl groups excluding tert-OH is 1. The molecule has 1 atom stereocenters. The summed E-state index contributed by atoms with van der Waals surface area (Å²) >= 11 is 0. The minimum atomic E-state index is -0.444. The van der Waals surface area contributed by atoms with Gasteiger partial charge in [0.05, 0.1) is 29.4 Å². The molecule has 0 amide bonds. The molecule has 3 N–H and O–H groups in total. The van der Waals surface area contributed by atoms with Crippen LogP contribution in [0.5, 0.6) is 0 Å². The SMILES string of the molecule is COCC(O)CN1CCN(c2cccc3[nH]c(=O)[nH]c23)CC1. The van der Waals surface area contributed by atoms with E-state index in [0.717, 1.165) is 42.9 Å². The largest absolute Gasteiger partial charge is 0.389 e. The first-order valence-corrected chi connectivity index (χ1v) is 7.52. The van der Waals surface area contributed by atoms with Gasteiger partial charge in [0.25, 0.3) is 0 Å². The highest BCUT2D eigenvalue weighted by Crippen LogP contribution is 2.24. The van der Waals surface area contributed by atoms with Crippen LogP contribution in [-0.4, -0.2) is 72.5 Å². The number of imidazole rings is 1. The molecule has 1 aromatic carbocycles. The molecule has 120 valence electrons. The Morgan fingerprint density at radius 1 is 1.27 bits per heavy atom. The number of anilines is 1. The number of aromatic amines is 2. The summed E-state index contributed by atoms with van der Waals surface area (Å²) in [5.74, 6) is 0. The highest BCUT2D eigenvalue weighted by molar-refractivity contribution is 5.88. The first-order chi connectivity index (χ1) is 10.7. The number of hydrogen-bond acceptors (Lipinski definition) is 5. The third-order valence-corrected chi connectivity index (χ3v) is 4.07. The predicted octanol–water partition coefficient (Wildman–Crippen LogP) is -0.0145. The van der Waals surface area contributed by atoms with Gasteiger partial charge < -0.3 is 24.7 Å². The lowest BCUT2D eigenvalue weighted by Crippen LogP contribution is -2.49. The number of rotatable bonds is 5. The summed E-state index contributed by atoms with van der Waals surface area (Å²) in [6.07, 6.45) is -0.444. The van der Waals surface area contributed by atoms with Crippen molar-refractivity contribution in [1.82, 2.24) is 14.9 Å². The van der Waals surface area contributed by atoms with Crippen LogP contribution in [0.1, 0.15) is 0 Å². The van der Waals surface area contributed by atoms with Gasteiger partial charge >= 0.3 is 5.69 Å². The van der Waals surface area contributed by atoms with Gasteiger partial charge in [-0.3, -0.25) is 4.90 Å². The van der Waals surface area contributed by atoms with E-state index in [2.05, 4.69) is 19.8 Å². The molecule has 2 aromatic rings. The molecule has 1 aliphatic rings. The highest BCUT2D eigenvalue weighted by atomic mass is 16.5. The average molecular weight is 306 g/mol. The summed E-state index contributed by atoms with van der Waals surface area (Å²) in [6, 6.07) is 5.88. The van der Waals surface area contributed by atoms with Crippen LogP contribution in [0.25, 0.3) is 11.0 Å². The average Bonchev–Trinajstić information content (AvgIpc) is 2.88. The number of methoxy groups -OCH3 is 1. The molecule has 1 fully saturated rings. The Kier molecular flexibility index (Phi) is 4.47. The Hall–Kier alpha value is -1.83. The number of benzene rings is 1. The standard InChI is InChI=1S/C15H22N4O3/c1-22-10-11(20)9-18-5-7-19(8-6-18)13-4-2-3-12-14(13)17-15(21)16-12/h2-4,11,20H,5-10H2,1H3,(H2,16,17,21). The van der Waals surface area contributed by atoms with E-state index in [9.17, 15) is 9.90 Å². The predicted molar refractivity (Wildman–Crippen MR) is 85.5 cm³/mol. The molecule has 1 unspecified atom stereocenters. The third-order valence-electron chi connectivity index (χ3n) is 4.07. The zero-order valence-electron chi connectivity index (χ0n) is 12.7. The maximum atomic E-state index is 11.5. The van der Waals surface area contributed by atoms with Gasteiger partial charge in [-0.1, -0.05) is 6.07 Å². The summed E-state index contributed by atoms with van der Waals surface area (Å²) < 4.78 is 4.96. The van der Waals surface area contributed by atoms with Crippen molar-refractivity contribution in [2.45, 2.75) is 6.10 Å². The summed E-state index contributed by atoms with van der Waals surface area (Å²) in [5, 5.41) is 9.80. The lowest BCUT2D eigenvalue weighted by Gasteiger charge is -2.36. The molecule has 7 nitrogen and oxygen atoms in total. The van der Waals surface area contributed by atoms with Gasteiger partial charge in [-0.25, -0.2) is 4.79 Å². The van der Waals surface area contributed by atoms with Crippen molar-refractivity contribution in [2.75, 3.05) is 51.3 Å². The number of para-hydroxylation sites is 1. The Bertz CT molecular complexity index is 673. The summed E-state index contributed by atoms with van der Waals surface area (Å²) in [5.41, 5.74) is 2.57. The smallest absolute Gasteiger partial charge is 0.323 e. The number of piperazine rings is 1. The number of nitrogens with one attached hydrogen (secondary N) is 2. The number of hydrogen-bond donors (Lipinski definition) is 3. The van der Waals surface area contributed by atoms with E-state index < -0.39 is 6.10 Å². The van der Waals surface area contributed by atoms with Crippen LogP contribution in [-0.2, 0) is 4.74 Å². The molecule has 0 saturated carbocycles. The second-order valence-electron chi connectivity index (χ2n) is 5.68. The quantitative estimate of drug-likeness (QED) is 0.723. The fourth-order valence-corrected chi connectivity index (χ4v) is 3.02. The second-order valence-corrected chi connectivity index (χ2v) is 5.68. The van der Waals surface area contributed by atoms with Gasteiger partial charge in [-0.15, -0.1) is 0 Å². The molecule has 0 radical (unpaired) electrons. The van der Waals surface area contributed by atoms with Crippen molar-refractivity contribution in [3.05, 3.63) is 28.7 Å². The second kappa shape index (κ2) is 6.51. The van der Waals surface area contributed by atoms with E-state index in [-0.39, 0.29) is 5.69 Å². The molecule has 2 heterocycles. The van der Waals surface area contributed by atoms with Crippen LogP contribution >= 0.6 is 0 Å². The Morgan fingerprint density at radius 2 is 2.05 bits per heavy atom. The van der Waals surface area contributed by atoms with Crippen molar-refractivity contribution in [3.63, 3.8) is 0 Å². The van der Waals surface area contributed by atoms with Gasteiger partial charge in [0.15, 0.2) is 0 Å². The van der Waals surface area contributed by atoms with Crippen molar-refractivity contribution in [2.24, 2.45) is 0 Å². The first-order valence-electron chi connectivity index (χ1n) is 7.52. The maximum absolute atomic E-state index is 11.5. The minimum absolute atomic E-state index is 0.177. The molecule has 0 bridgehead atoms. The number of nitrogens with zero attached hydrogens (tertiary/aromatic N) is 2. The van der Waals surface area contributed by atoms with Crippen molar-refractivity contribution in [3.8, 4) is 0 Å². The molecule has 22 heavy (non-hydrogen) atoms. The summed E-state index contributed by atoms with van der Waals surface area (Å²) in [7, 11) is 1.60. The minimum Gasteiger partial charge on any atom is -0.389 e. The van der Waals surface area contributed by atoms with E-state index in [1.807, 2.05) is 18.2 Å². The zero-order valence-corrected chi connectivity index (χ0v) is 12.7. The van der Waals surface area contributed by atoms with E-state index in [1.165, 1.54) is 0 Å². The molecule has 0 aliphatic carbocycles. The van der Waals surface area contributed by atoms with E-state index in [0.29, 0.717) is 13.2 Å². The van der Waals surface area contributed by atoms with Gasteiger partial charge in [0.2, 0.25) is 0 Å². The van der Waals surface area contributed by atoms with Crippen LogP contribution in [0.3, 0.4) is 0 Å². The van der Waals surface area contributed by atoms with Gasteiger partial charge in [0.1, 0.15) is 0 Å². The van der Waals surface area contributed by atoms with Crippen LogP contribution < -0.4 is 10.6 Å². The number of aromatic nitrogens is 2. The molecular weight excluding hydrogens is 284 g/mol. The molecular formula is C15H22N4O3. The molecule has 3 rings (SSSR count). The van der Waals surface area contributed by atoms with E-state index in [4.69, 9.17) is 4.74 Å². The van der Waals surface area contributed by atoms with Crippen LogP contribution in [0.2, 0.25) is 0 Å². The van der Waals surface area contributed by atoms with Crippen LogP contribution in [0, 0.1) is 0 Å². The summed E-state index contributed by atoms with van der Waals surface area (Å²) in [6.45, 7) is 4.49. The monoisotopic (exact) mass is 306 g/mol. The third kappa shape index (κ3) is 3.16. The number of β-amino-alcohol motifs (C(OH)–C–C–N with tert-alkyl or cyclic N) is 1. The van der Waals surface area contributed by atoms with Gasteiger partial charge in [0, 0.05) is 39.8 Å². The maximum Gasteiger partial charge on any atom is 0.323 e. The summed E-state index contributed by atoms with van der Waals surface area (Å²) in [4.78, 5) is 21.6. The molecule has 1 aromatic heterocycles. The number of aliphatic hydroxyl groups is 1. The van der Waals surface area contributed by atoms with Crippen LogP contribution in [0.4, 0.5) is 5.69 Å². The topological polar surface area (TPSA) is 84.6 Å². The van der Waals surface area contributed by atoms with E-state index in [1.54, 1.807) is 7.11 Å². The lowest BCUT2D eigenvalue weighted by atomic mass is 10.2. The molecule has 1 saturated heterocycles. The van der Waals surface area contributed by atoms with E-state index >= 15 is 0 Å². The molecule has 1 aliphatic heterocycles. The van der Waals surface area contributed by atoms with Crippen molar-refractivity contribution < 1.29 is 9.84 Å². The van der Waals surface area contributed by atoms with Gasteiger partial charge in [-0.05, 0) is 12.1 Å². The highest BCUT2D eigenvalue weighted by Gasteiger charge is 2.21. The first kappa shape index (κ1) is 15.1. The lowest BCUT2D eigenvalue weighted by molar-refractivity contribution is 0.0365. The number of ether oxygens (including phenoxy) is 1. The van der Waals surface area contributed by atoms with Crippen molar-refractivity contribution >= 4 is 16.7 Å². The van der Waals surface area contributed by atoms with Gasteiger partial charge in [-0.2, -0.15) is 0 Å². The Labute approximate surface area is 128 Å². The zero-order chi connectivity index (χ0) is 15.5. The molecule has 0 spiro atoms.